The van der Waals surface area contributed by atoms with Gasteiger partial charge in [-0.05, 0) is 25.9 Å². The van der Waals surface area contributed by atoms with E-state index in [0.29, 0.717) is 0 Å². The van der Waals surface area contributed by atoms with E-state index in [1.165, 1.54) is 19.5 Å². The second kappa shape index (κ2) is 4.38. The Balaban J connectivity index is 2.01. The Labute approximate surface area is 68.8 Å². The summed E-state index contributed by atoms with van der Waals surface area (Å²) in [5, 5.41) is 0. The lowest BCUT2D eigenvalue weighted by Crippen LogP contribution is -2.44. The number of terminal acetylenes is 1. The van der Waals surface area contributed by atoms with Crippen LogP contribution in [-0.2, 0) is 0 Å². The smallest absolute Gasteiger partial charge is 0.0176 e. The van der Waals surface area contributed by atoms with Crippen molar-refractivity contribution in [3.8, 4) is 12.3 Å². The van der Waals surface area contributed by atoms with Crippen molar-refractivity contribution in [3.05, 3.63) is 0 Å². The fraction of sp³-hybridized carbons (Fsp3) is 0.778. The molecule has 1 saturated heterocycles. The fourth-order valence-electron chi connectivity index (χ4n) is 1.26. The molecule has 2 heteroatoms. The van der Waals surface area contributed by atoms with Gasteiger partial charge in [0.15, 0.2) is 0 Å². The second-order valence-electron chi connectivity index (χ2n) is 3.16. The van der Waals surface area contributed by atoms with Gasteiger partial charge in [0, 0.05) is 19.0 Å². The fourth-order valence-corrected chi connectivity index (χ4v) is 1.26. The molecule has 0 aromatic carbocycles. The van der Waals surface area contributed by atoms with Crippen LogP contribution in [0.3, 0.4) is 0 Å². The molecule has 0 spiro atoms. The summed E-state index contributed by atoms with van der Waals surface area (Å²) in [5.74, 6) is 2.61. The van der Waals surface area contributed by atoms with Crippen LogP contribution in [-0.4, -0.2) is 30.6 Å². The molecule has 0 aromatic rings. The first kappa shape index (κ1) is 8.58. The van der Waals surface area contributed by atoms with E-state index in [1.807, 2.05) is 0 Å². The summed E-state index contributed by atoms with van der Waals surface area (Å²) >= 11 is 0. The summed E-state index contributed by atoms with van der Waals surface area (Å²) in [6.07, 6.45) is 8.25. The van der Waals surface area contributed by atoms with Crippen molar-refractivity contribution in [2.75, 3.05) is 19.6 Å². The van der Waals surface area contributed by atoms with Gasteiger partial charge in [0.1, 0.15) is 0 Å². The number of hydrogen-bond donors (Lipinski definition) is 1. The normalized spacial score (nSPS) is 20.4. The maximum Gasteiger partial charge on any atom is 0.0176 e. The van der Waals surface area contributed by atoms with Gasteiger partial charge in [-0.3, -0.25) is 0 Å². The standard InChI is InChI=1S/C9H16N2/c1-2-3-5-9(10)8-11-6-4-7-11/h1,9H,3-8,10H2. The molecule has 1 fully saturated rings. The summed E-state index contributed by atoms with van der Waals surface area (Å²) in [7, 11) is 0. The van der Waals surface area contributed by atoms with E-state index >= 15 is 0 Å². The Bertz CT molecular complexity index is 144. The average Bonchev–Trinajstić information content (AvgIpc) is 1.93. The lowest BCUT2D eigenvalue weighted by molar-refractivity contribution is 0.168. The van der Waals surface area contributed by atoms with Crippen LogP contribution in [0, 0.1) is 12.3 Å². The van der Waals surface area contributed by atoms with Crippen LogP contribution < -0.4 is 5.73 Å². The molecule has 1 aliphatic rings. The van der Waals surface area contributed by atoms with Crippen LogP contribution in [0.5, 0.6) is 0 Å². The van der Waals surface area contributed by atoms with Crippen LogP contribution in [0.1, 0.15) is 19.3 Å². The van der Waals surface area contributed by atoms with Crippen LogP contribution in [0.4, 0.5) is 0 Å². The molecule has 0 radical (unpaired) electrons. The van der Waals surface area contributed by atoms with E-state index < -0.39 is 0 Å². The van der Waals surface area contributed by atoms with Gasteiger partial charge in [0.05, 0.1) is 0 Å². The monoisotopic (exact) mass is 152 g/mol. The average molecular weight is 152 g/mol. The molecule has 0 bridgehead atoms. The van der Waals surface area contributed by atoms with Gasteiger partial charge in [0.2, 0.25) is 0 Å². The van der Waals surface area contributed by atoms with E-state index in [4.69, 9.17) is 12.2 Å². The second-order valence-corrected chi connectivity index (χ2v) is 3.16. The Morgan fingerprint density at radius 1 is 1.55 bits per heavy atom. The van der Waals surface area contributed by atoms with Crippen molar-refractivity contribution < 1.29 is 0 Å². The first-order valence-electron chi connectivity index (χ1n) is 4.24. The van der Waals surface area contributed by atoms with Gasteiger partial charge in [-0.15, -0.1) is 12.3 Å². The van der Waals surface area contributed by atoms with Crippen molar-refractivity contribution >= 4 is 0 Å². The van der Waals surface area contributed by atoms with Gasteiger partial charge in [0.25, 0.3) is 0 Å². The summed E-state index contributed by atoms with van der Waals surface area (Å²) < 4.78 is 0. The van der Waals surface area contributed by atoms with Crippen molar-refractivity contribution in [1.82, 2.24) is 4.90 Å². The highest BCUT2D eigenvalue weighted by atomic mass is 15.2. The molecule has 0 aromatic heterocycles. The van der Waals surface area contributed by atoms with Crippen molar-refractivity contribution in [1.29, 1.82) is 0 Å². The van der Waals surface area contributed by atoms with E-state index in [2.05, 4.69) is 10.8 Å². The van der Waals surface area contributed by atoms with Gasteiger partial charge in [-0.2, -0.15) is 0 Å². The van der Waals surface area contributed by atoms with E-state index in [9.17, 15) is 0 Å². The predicted molar refractivity (Wildman–Crippen MR) is 47.1 cm³/mol. The minimum absolute atomic E-state index is 0.284. The molecular weight excluding hydrogens is 136 g/mol. The molecular formula is C9H16N2. The zero-order chi connectivity index (χ0) is 8.10. The van der Waals surface area contributed by atoms with Gasteiger partial charge >= 0.3 is 0 Å². The number of nitrogens with zero attached hydrogens (tertiary/aromatic N) is 1. The number of nitrogens with two attached hydrogens (primary N) is 1. The Morgan fingerprint density at radius 2 is 2.27 bits per heavy atom. The third kappa shape index (κ3) is 2.92. The lowest BCUT2D eigenvalue weighted by Gasteiger charge is -2.32. The van der Waals surface area contributed by atoms with Crippen molar-refractivity contribution in [3.63, 3.8) is 0 Å². The Kier molecular flexibility index (Phi) is 3.41. The van der Waals surface area contributed by atoms with Crippen molar-refractivity contribution in [2.24, 2.45) is 5.73 Å². The predicted octanol–water partition coefficient (Wildman–Crippen LogP) is 0.433. The molecule has 0 saturated carbocycles. The highest BCUT2D eigenvalue weighted by Crippen LogP contribution is 2.07. The van der Waals surface area contributed by atoms with Crippen LogP contribution in [0.15, 0.2) is 0 Å². The molecule has 1 rings (SSSR count). The van der Waals surface area contributed by atoms with Gasteiger partial charge in [-0.1, -0.05) is 0 Å². The maximum atomic E-state index is 5.83. The first-order valence-corrected chi connectivity index (χ1v) is 4.24. The van der Waals surface area contributed by atoms with Gasteiger partial charge in [-0.25, -0.2) is 0 Å². The highest BCUT2D eigenvalue weighted by molar-refractivity contribution is 4.86. The Hall–Kier alpha value is -0.520. The van der Waals surface area contributed by atoms with Crippen LogP contribution >= 0.6 is 0 Å². The summed E-state index contributed by atoms with van der Waals surface area (Å²) in [6.45, 7) is 3.48. The molecule has 11 heavy (non-hydrogen) atoms. The zero-order valence-electron chi connectivity index (χ0n) is 6.92. The van der Waals surface area contributed by atoms with Crippen LogP contribution in [0.25, 0.3) is 0 Å². The quantitative estimate of drug-likeness (QED) is 0.592. The van der Waals surface area contributed by atoms with E-state index in [1.54, 1.807) is 0 Å². The van der Waals surface area contributed by atoms with Gasteiger partial charge < -0.3 is 10.6 Å². The largest absolute Gasteiger partial charge is 0.327 e. The number of rotatable bonds is 4. The van der Waals surface area contributed by atoms with Crippen LogP contribution in [0.2, 0.25) is 0 Å². The first-order chi connectivity index (χ1) is 5.33. The number of likely N-dealkylation sites (tertiary alicyclic amines) is 1. The lowest BCUT2D eigenvalue weighted by atomic mass is 10.1. The molecule has 2 N–H and O–H groups in total. The van der Waals surface area contributed by atoms with E-state index in [-0.39, 0.29) is 6.04 Å². The minimum atomic E-state index is 0.284. The third-order valence-electron chi connectivity index (χ3n) is 2.10. The molecule has 0 aliphatic carbocycles. The molecule has 2 nitrogen and oxygen atoms in total. The zero-order valence-corrected chi connectivity index (χ0v) is 6.92. The molecule has 1 aliphatic heterocycles. The minimum Gasteiger partial charge on any atom is -0.327 e. The van der Waals surface area contributed by atoms with Crippen molar-refractivity contribution in [2.45, 2.75) is 25.3 Å². The Morgan fingerprint density at radius 3 is 2.73 bits per heavy atom. The SMILES string of the molecule is C#CCCC(N)CN1CCC1. The third-order valence-corrected chi connectivity index (χ3v) is 2.10. The summed E-state index contributed by atoms with van der Waals surface area (Å²) in [5.41, 5.74) is 5.83. The van der Waals surface area contributed by atoms with E-state index in [0.717, 1.165) is 19.4 Å². The number of hydrogen-bond acceptors (Lipinski definition) is 2. The maximum absolute atomic E-state index is 5.83. The summed E-state index contributed by atoms with van der Waals surface area (Å²) in [6, 6.07) is 0.284. The molecule has 1 atom stereocenters. The topological polar surface area (TPSA) is 29.3 Å². The summed E-state index contributed by atoms with van der Waals surface area (Å²) in [4.78, 5) is 2.38. The highest BCUT2D eigenvalue weighted by Gasteiger charge is 2.15. The molecule has 62 valence electrons. The molecule has 1 unspecified atom stereocenters. The molecule has 1 heterocycles. The molecule has 0 amide bonds.